The van der Waals surface area contributed by atoms with Crippen molar-refractivity contribution in [2.24, 2.45) is 0 Å². The number of nitrogens with zero attached hydrogens (tertiary/aromatic N) is 1. The van der Waals surface area contributed by atoms with Crippen LogP contribution < -0.4 is 10.6 Å². The molecule has 0 saturated carbocycles. The molecule has 0 unspecified atom stereocenters. The Kier molecular flexibility index (Phi) is 6.90. The molecule has 0 saturated heterocycles. The van der Waals surface area contributed by atoms with Gasteiger partial charge in [0, 0.05) is 38.2 Å². The van der Waals surface area contributed by atoms with E-state index in [1.165, 1.54) is 12.1 Å². The number of rotatable bonds is 6. The summed E-state index contributed by atoms with van der Waals surface area (Å²) in [6.45, 7) is 4.54. The minimum atomic E-state index is -0.337. The second-order valence-corrected chi connectivity index (χ2v) is 8.47. The van der Waals surface area contributed by atoms with Gasteiger partial charge in [-0.3, -0.25) is 9.59 Å². The lowest BCUT2D eigenvalue weighted by atomic mass is 10.1. The first-order valence-corrected chi connectivity index (χ1v) is 10.6. The number of halogens is 2. The molecule has 0 radical (unpaired) electrons. The number of carbonyl (C=O) groups is 2. The van der Waals surface area contributed by atoms with E-state index in [-0.39, 0.29) is 11.8 Å². The van der Waals surface area contributed by atoms with Crippen LogP contribution >= 0.6 is 34.5 Å². The first kappa shape index (κ1) is 21.3. The van der Waals surface area contributed by atoms with Gasteiger partial charge in [0.05, 0.1) is 17.2 Å². The zero-order valence-electron chi connectivity index (χ0n) is 15.8. The highest BCUT2D eigenvalue weighted by molar-refractivity contribution is 7.09. The van der Waals surface area contributed by atoms with Crippen LogP contribution in [0.3, 0.4) is 0 Å². The summed E-state index contributed by atoms with van der Waals surface area (Å²) in [5.41, 5.74) is 2.25. The summed E-state index contributed by atoms with van der Waals surface area (Å²) >= 11 is 13.5. The normalized spacial score (nSPS) is 10.8. The van der Waals surface area contributed by atoms with Gasteiger partial charge in [0.15, 0.2) is 0 Å². The second kappa shape index (κ2) is 9.39. The van der Waals surface area contributed by atoms with E-state index in [1.54, 1.807) is 41.7 Å². The molecule has 0 fully saturated rings. The van der Waals surface area contributed by atoms with E-state index in [9.17, 15) is 9.59 Å². The summed E-state index contributed by atoms with van der Waals surface area (Å²) < 4.78 is 0. The van der Waals surface area contributed by atoms with Crippen LogP contribution in [-0.2, 0) is 6.54 Å². The fourth-order valence-corrected chi connectivity index (χ4v) is 3.90. The predicted octanol–water partition coefficient (Wildman–Crippen LogP) is 5.76. The number of amides is 2. The Balaban J connectivity index is 1.58. The molecule has 2 N–H and O–H groups in total. The van der Waals surface area contributed by atoms with Crippen molar-refractivity contribution in [2.45, 2.75) is 26.3 Å². The van der Waals surface area contributed by atoms with Crippen molar-refractivity contribution in [3.63, 3.8) is 0 Å². The molecule has 0 aliphatic heterocycles. The number of anilines is 1. The molecule has 2 amide bonds. The van der Waals surface area contributed by atoms with Crippen LogP contribution in [0.1, 0.15) is 51.2 Å². The van der Waals surface area contributed by atoms with Crippen LogP contribution in [0.2, 0.25) is 10.0 Å². The van der Waals surface area contributed by atoms with Gasteiger partial charge in [-0.15, -0.1) is 11.3 Å². The Morgan fingerprint density at radius 3 is 2.24 bits per heavy atom. The van der Waals surface area contributed by atoms with Gasteiger partial charge in [0.2, 0.25) is 0 Å². The number of hydrogen-bond acceptors (Lipinski definition) is 4. The topological polar surface area (TPSA) is 71.1 Å². The molecular formula is C21H19Cl2N3O2S. The first-order valence-electron chi connectivity index (χ1n) is 8.92. The molecule has 0 bridgehead atoms. The predicted molar refractivity (Wildman–Crippen MR) is 118 cm³/mol. The summed E-state index contributed by atoms with van der Waals surface area (Å²) in [6.07, 6.45) is 0. The second-order valence-electron chi connectivity index (χ2n) is 6.70. The first-order chi connectivity index (χ1) is 13.8. The van der Waals surface area contributed by atoms with E-state index < -0.39 is 0 Å². The zero-order chi connectivity index (χ0) is 21.0. The van der Waals surface area contributed by atoms with Crippen LogP contribution in [0.25, 0.3) is 0 Å². The number of nitrogens with one attached hydrogen (secondary N) is 2. The van der Waals surface area contributed by atoms with Crippen LogP contribution in [-0.4, -0.2) is 16.8 Å². The van der Waals surface area contributed by atoms with Crippen molar-refractivity contribution in [1.29, 1.82) is 0 Å². The number of carbonyl (C=O) groups excluding carboxylic acids is 2. The quantitative estimate of drug-likeness (QED) is 0.504. The molecule has 3 aromatic rings. The Hall–Kier alpha value is -2.41. The van der Waals surface area contributed by atoms with Gasteiger partial charge in [-0.05, 0) is 42.5 Å². The molecule has 3 rings (SSSR count). The molecule has 1 heterocycles. The Morgan fingerprint density at radius 1 is 1.00 bits per heavy atom. The molecule has 0 atom stereocenters. The van der Waals surface area contributed by atoms with Gasteiger partial charge < -0.3 is 10.6 Å². The van der Waals surface area contributed by atoms with Crippen molar-refractivity contribution in [1.82, 2.24) is 10.3 Å². The minimum absolute atomic E-state index is 0.205. The summed E-state index contributed by atoms with van der Waals surface area (Å²) in [7, 11) is 0. The van der Waals surface area contributed by atoms with E-state index >= 15 is 0 Å². The maximum Gasteiger partial charge on any atom is 0.255 e. The van der Waals surface area contributed by atoms with Crippen LogP contribution in [0.15, 0.2) is 47.8 Å². The number of thiazole rings is 1. The van der Waals surface area contributed by atoms with Crippen LogP contribution in [0, 0.1) is 0 Å². The summed E-state index contributed by atoms with van der Waals surface area (Å²) in [5, 5.41) is 9.38. The van der Waals surface area contributed by atoms with Crippen molar-refractivity contribution in [3.05, 3.63) is 79.7 Å². The lowest BCUT2D eigenvalue weighted by Gasteiger charge is -2.08. The third kappa shape index (κ3) is 5.79. The summed E-state index contributed by atoms with van der Waals surface area (Å²) in [5.74, 6) is -0.171. The van der Waals surface area contributed by atoms with Crippen molar-refractivity contribution in [2.75, 3.05) is 5.32 Å². The largest absolute Gasteiger partial charge is 0.346 e. The van der Waals surface area contributed by atoms with Crippen LogP contribution in [0.5, 0.6) is 0 Å². The molecule has 1 aromatic heterocycles. The van der Waals surface area contributed by atoms with Crippen LogP contribution in [0.4, 0.5) is 5.69 Å². The molecule has 29 heavy (non-hydrogen) atoms. The molecule has 8 heteroatoms. The van der Waals surface area contributed by atoms with E-state index in [0.717, 1.165) is 10.7 Å². The highest BCUT2D eigenvalue weighted by Gasteiger charge is 2.11. The maximum absolute atomic E-state index is 12.3. The monoisotopic (exact) mass is 447 g/mol. The standard InChI is InChI=1S/C21H19Cl2N3O2S/c1-12(2)21-26-18(11-29-21)10-24-19(27)13-3-5-17(6-4-13)25-20(28)14-7-15(22)9-16(23)8-14/h3-9,11-12H,10H2,1-2H3,(H,24,27)(H,25,28). The lowest BCUT2D eigenvalue weighted by molar-refractivity contribution is 0.0950. The molecular weight excluding hydrogens is 429 g/mol. The van der Waals surface area contributed by atoms with Gasteiger partial charge >= 0.3 is 0 Å². The fraction of sp³-hybridized carbons (Fsp3) is 0.190. The molecule has 0 aliphatic rings. The zero-order valence-corrected chi connectivity index (χ0v) is 18.2. The van der Waals surface area contributed by atoms with E-state index in [2.05, 4.69) is 29.5 Å². The van der Waals surface area contributed by atoms with Gasteiger partial charge in [-0.25, -0.2) is 4.98 Å². The SMILES string of the molecule is CC(C)c1nc(CNC(=O)c2ccc(NC(=O)c3cc(Cl)cc(Cl)c3)cc2)cs1. The third-order valence-electron chi connectivity index (χ3n) is 4.02. The van der Waals surface area contributed by atoms with Crippen molar-refractivity contribution >= 4 is 52.0 Å². The lowest BCUT2D eigenvalue weighted by Crippen LogP contribution is -2.23. The van der Waals surface area contributed by atoms with Crippen molar-refractivity contribution < 1.29 is 9.59 Å². The Morgan fingerprint density at radius 2 is 1.66 bits per heavy atom. The molecule has 150 valence electrons. The van der Waals surface area contributed by atoms with Gasteiger partial charge in [-0.1, -0.05) is 37.0 Å². The van der Waals surface area contributed by atoms with Gasteiger partial charge in [0.1, 0.15) is 0 Å². The highest BCUT2D eigenvalue weighted by atomic mass is 35.5. The number of hydrogen-bond donors (Lipinski definition) is 2. The average molecular weight is 448 g/mol. The Labute approximate surface area is 183 Å². The summed E-state index contributed by atoms with van der Waals surface area (Å²) in [4.78, 5) is 29.2. The minimum Gasteiger partial charge on any atom is -0.346 e. The number of aromatic nitrogens is 1. The van der Waals surface area contributed by atoms with E-state index in [4.69, 9.17) is 23.2 Å². The summed E-state index contributed by atoms with van der Waals surface area (Å²) in [6, 6.07) is 11.3. The third-order valence-corrected chi connectivity index (χ3v) is 5.65. The smallest absolute Gasteiger partial charge is 0.255 e. The molecule has 0 spiro atoms. The maximum atomic E-state index is 12.3. The Bertz CT molecular complexity index is 1010. The highest BCUT2D eigenvalue weighted by Crippen LogP contribution is 2.21. The van der Waals surface area contributed by atoms with Gasteiger partial charge in [0.25, 0.3) is 11.8 Å². The fourth-order valence-electron chi connectivity index (χ4n) is 2.54. The van der Waals surface area contributed by atoms with E-state index in [1.807, 2.05) is 5.38 Å². The molecule has 0 aliphatic carbocycles. The van der Waals surface area contributed by atoms with Crippen molar-refractivity contribution in [3.8, 4) is 0 Å². The number of benzene rings is 2. The molecule has 5 nitrogen and oxygen atoms in total. The van der Waals surface area contributed by atoms with E-state index in [0.29, 0.717) is 39.3 Å². The van der Waals surface area contributed by atoms with Gasteiger partial charge in [-0.2, -0.15) is 0 Å². The average Bonchev–Trinajstić information content (AvgIpc) is 3.15. The molecule has 2 aromatic carbocycles.